The minimum Gasteiger partial charge on any atom is -0.467 e. The molecule has 9 nitrogen and oxygen atoms in total. The number of nitrogens with two attached hydrogens (primary N) is 1. The fourth-order valence-electron chi connectivity index (χ4n) is 11.0. The van der Waals surface area contributed by atoms with Gasteiger partial charge in [-0.1, -0.05) is 20.8 Å². The first-order chi connectivity index (χ1) is 22.5. The van der Waals surface area contributed by atoms with Crippen molar-refractivity contribution in [2.45, 2.75) is 136 Å². The second kappa shape index (κ2) is 18.1. The number of carbonyl (C=O) groups excluding carboxylic acids is 2. The smallest absolute Gasteiger partial charge is 0.328 e. The lowest BCUT2D eigenvalue weighted by atomic mass is 9.43. The number of nitrogens with one attached hydrogen (secondary N) is 4. The Morgan fingerprint density at radius 2 is 1.53 bits per heavy atom. The normalized spacial score (nSPS) is 36.1. The van der Waals surface area contributed by atoms with Gasteiger partial charge in [0.25, 0.3) is 0 Å². The largest absolute Gasteiger partial charge is 0.467 e. The molecule has 0 aromatic rings. The van der Waals surface area contributed by atoms with Gasteiger partial charge in [0.15, 0.2) is 0 Å². The zero-order valence-electron chi connectivity index (χ0n) is 30.6. The summed E-state index contributed by atoms with van der Waals surface area (Å²) in [6.45, 7) is 15.2. The van der Waals surface area contributed by atoms with E-state index < -0.39 is 12.0 Å². The van der Waals surface area contributed by atoms with Crippen molar-refractivity contribution < 1.29 is 19.4 Å². The molecule has 0 aromatic carbocycles. The Balaban J connectivity index is 1.20. The van der Waals surface area contributed by atoms with Crippen LogP contribution in [0.15, 0.2) is 0 Å². The Hall–Kier alpha value is -1.26. The number of amides is 1. The van der Waals surface area contributed by atoms with Crippen LogP contribution < -0.4 is 27.0 Å². The predicted molar refractivity (Wildman–Crippen MR) is 190 cm³/mol. The van der Waals surface area contributed by atoms with Crippen molar-refractivity contribution in [3.8, 4) is 0 Å². The number of methoxy groups -OCH3 is 1. The van der Waals surface area contributed by atoms with E-state index >= 15 is 0 Å². The van der Waals surface area contributed by atoms with E-state index in [1.54, 1.807) is 6.92 Å². The number of unbranched alkanes of at least 4 members (excludes halogenated alkanes) is 1. The number of hydrogen-bond acceptors (Lipinski definition) is 8. The van der Waals surface area contributed by atoms with E-state index in [-0.39, 0.29) is 17.4 Å². The lowest BCUT2D eigenvalue weighted by Crippen LogP contribution is -2.59. The standard InChI is InChI=1S/C38H71N5O4/c1-26(10-13-34(45)43-27(2)36(46)47-5)30-11-12-31-35-32(15-17-38(30,31)4)37(3)16-14-29(24-28(37)25-33(35)44)42-23-9-22-41-20-7-6-19-40-21-8-18-39/h26-33,35,40-42,44H,6-25,39H2,1-5H3,(H,43,45)/t26-,27+,28+,29+,30-,31+,32+,33-,35+,37+,38-/m1/s1. The third kappa shape index (κ3) is 9.50. The summed E-state index contributed by atoms with van der Waals surface area (Å²) < 4.78 is 4.75. The Morgan fingerprint density at radius 3 is 2.23 bits per heavy atom. The molecule has 0 bridgehead atoms. The van der Waals surface area contributed by atoms with Crippen LogP contribution in [0.4, 0.5) is 0 Å². The Labute approximate surface area is 286 Å². The Bertz CT molecular complexity index is 984. The maximum absolute atomic E-state index is 12.6. The van der Waals surface area contributed by atoms with Gasteiger partial charge in [0.05, 0.1) is 13.2 Å². The number of aliphatic hydroxyl groups is 1. The lowest BCUT2D eigenvalue weighted by molar-refractivity contribution is -0.167. The molecule has 0 radical (unpaired) electrons. The fourth-order valence-corrected chi connectivity index (χ4v) is 11.0. The minimum absolute atomic E-state index is 0.0737. The topological polar surface area (TPSA) is 138 Å². The van der Waals surface area contributed by atoms with Gasteiger partial charge in [-0.05, 0) is 176 Å². The number of carbonyl (C=O) groups is 2. The molecule has 0 heterocycles. The molecular weight excluding hydrogens is 590 g/mol. The number of aliphatic hydroxyl groups excluding tert-OH is 1. The summed E-state index contributed by atoms with van der Waals surface area (Å²) in [5.41, 5.74) is 6.11. The van der Waals surface area contributed by atoms with Crippen LogP contribution in [-0.4, -0.2) is 81.5 Å². The van der Waals surface area contributed by atoms with Gasteiger partial charge in [-0.2, -0.15) is 0 Å². The summed E-state index contributed by atoms with van der Waals surface area (Å²) in [6.07, 6.45) is 15.3. The maximum Gasteiger partial charge on any atom is 0.328 e. The molecule has 0 unspecified atom stereocenters. The number of fused-ring (bicyclic) bond motifs is 5. The quantitative estimate of drug-likeness (QED) is 0.0888. The molecule has 0 aliphatic heterocycles. The van der Waals surface area contributed by atoms with Crippen LogP contribution in [0.5, 0.6) is 0 Å². The molecule has 0 saturated heterocycles. The van der Waals surface area contributed by atoms with E-state index in [0.717, 1.165) is 65.0 Å². The monoisotopic (exact) mass is 662 g/mol. The molecule has 1 amide bonds. The van der Waals surface area contributed by atoms with Gasteiger partial charge in [0.1, 0.15) is 6.04 Å². The van der Waals surface area contributed by atoms with Crippen molar-refractivity contribution in [2.24, 2.45) is 52.1 Å². The summed E-state index contributed by atoms with van der Waals surface area (Å²) >= 11 is 0. The molecule has 11 atom stereocenters. The van der Waals surface area contributed by atoms with E-state index in [1.165, 1.54) is 64.9 Å². The van der Waals surface area contributed by atoms with Crippen molar-refractivity contribution in [3.63, 3.8) is 0 Å². The summed E-state index contributed by atoms with van der Waals surface area (Å²) in [5.74, 6) is 2.75. The van der Waals surface area contributed by atoms with Crippen molar-refractivity contribution >= 4 is 11.9 Å². The van der Waals surface area contributed by atoms with E-state index in [0.29, 0.717) is 53.4 Å². The van der Waals surface area contributed by atoms with E-state index in [9.17, 15) is 14.7 Å². The predicted octanol–water partition coefficient (Wildman–Crippen LogP) is 4.37. The van der Waals surface area contributed by atoms with Gasteiger partial charge in [0, 0.05) is 12.5 Å². The molecule has 4 saturated carbocycles. The zero-order chi connectivity index (χ0) is 34.0. The van der Waals surface area contributed by atoms with Gasteiger partial charge in [0.2, 0.25) is 5.91 Å². The van der Waals surface area contributed by atoms with Crippen LogP contribution in [0.2, 0.25) is 0 Å². The molecule has 0 spiro atoms. The van der Waals surface area contributed by atoms with Crippen LogP contribution in [0.25, 0.3) is 0 Å². The lowest BCUT2D eigenvalue weighted by Gasteiger charge is -2.62. The average molecular weight is 662 g/mol. The van der Waals surface area contributed by atoms with Gasteiger partial charge in [-0.25, -0.2) is 4.79 Å². The molecule has 7 N–H and O–H groups in total. The number of esters is 1. The summed E-state index contributed by atoms with van der Waals surface area (Å²) in [6, 6.07) is -0.0348. The highest BCUT2D eigenvalue weighted by Crippen LogP contribution is 2.68. The molecule has 47 heavy (non-hydrogen) atoms. The molecule has 272 valence electrons. The van der Waals surface area contributed by atoms with E-state index in [4.69, 9.17) is 10.5 Å². The summed E-state index contributed by atoms with van der Waals surface area (Å²) in [4.78, 5) is 24.3. The third-order valence-electron chi connectivity index (χ3n) is 13.7. The minimum atomic E-state index is -0.613. The van der Waals surface area contributed by atoms with Crippen molar-refractivity contribution in [2.75, 3.05) is 46.4 Å². The second-order valence-electron chi connectivity index (χ2n) is 16.5. The highest BCUT2D eigenvalue weighted by atomic mass is 16.5. The van der Waals surface area contributed by atoms with Crippen LogP contribution in [0.3, 0.4) is 0 Å². The van der Waals surface area contributed by atoms with Crippen molar-refractivity contribution in [1.29, 1.82) is 0 Å². The third-order valence-corrected chi connectivity index (χ3v) is 13.7. The van der Waals surface area contributed by atoms with Gasteiger partial charge in [-0.15, -0.1) is 0 Å². The first kappa shape index (κ1) is 38.5. The highest BCUT2D eigenvalue weighted by Gasteiger charge is 2.62. The van der Waals surface area contributed by atoms with Crippen LogP contribution in [-0.2, 0) is 14.3 Å². The first-order valence-electron chi connectivity index (χ1n) is 19.4. The van der Waals surface area contributed by atoms with Crippen LogP contribution >= 0.6 is 0 Å². The molecule has 4 aliphatic rings. The highest BCUT2D eigenvalue weighted by molar-refractivity contribution is 5.84. The molecule has 0 aromatic heterocycles. The van der Waals surface area contributed by atoms with Crippen molar-refractivity contribution in [1.82, 2.24) is 21.3 Å². The average Bonchev–Trinajstić information content (AvgIpc) is 3.41. The number of ether oxygens (including phenoxy) is 1. The van der Waals surface area contributed by atoms with Gasteiger partial charge >= 0.3 is 5.97 Å². The van der Waals surface area contributed by atoms with E-state index in [2.05, 4.69) is 42.0 Å². The Morgan fingerprint density at radius 1 is 0.872 bits per heavy atom. The molecule has 9 heteroatoms. The molecule has 4 rings (SSSR count). The first-order valence-corrected chi connectivity index (χ1v) is 19.4. The van der Waals surface area contributed by atoms with Crippen LogP contribution in [0.1, 0.15) is 118 Å². The summed E-state index contributed by atoms with van der Waals surface area (Å²) in [7, 11) is 1.35. The van der Waals surface area contributed by atoms with Gasteiger partial charge < -0.3 is 36.8 Å². The number of hydrogen-bond donors (Lipinski definition) is 6. The fraction of sp³-hybridized carbons (Fsp3) is 0.947. The maximum atomic E-state index is 12.6. The van der Waals surface area contributed by atoms with Gasteiger partial charge in [-0.3, -0.25) is 4.79 Å². The van der Waals surface area contributed by atoms with E-state index in [1.807, 2.05) is 0 Å². The SMILES string of the molecule is COC(=O)[C@H](C)NC(=O)CC[C@@H](C)[C@H]1CC[C@H]2[C@@H]3[C@H](O)C[C@@H]4C[C@@H](NCCCNCCCCNCCCN)CC[C@]4(C)[C@H]3CC[C@]12C. The second-order valence-corrected chi connectivity index (χ2v) is 16.5. The molecule has 4 aliphatic carbocycles. The summed E-state index contributed by atoms with van der Waals surface area (Å²) in [5, 5.41) is 25.6. The number of rotatable bonds is 19. The zero-order valence-corrected chi connectivity index (χ0v) is 30.6. The van der Waals surface area contributed by atoms with Crippen molar-refractivity contribution in [3.05, 3.63) is 0 Å². The Kier molecular flexibility index (Phi) is 14.9. The molecular formula is C38H71N5O4. The molecule has 4 fully saturated rings. The van der Waals surface area contributed by atoms with Crippen LogP contribution in [0, 0.1) is 46.3 Å².